The zero-order valence-corrected chi connectivity index (χ0v) is 12.6. The van der Waals surface area contributed by atoms with E-state index in [1.807, 2.05) is 31.2 Å². The monoisotopic (exact) mass is 371 g/mol. The first-order valence-electron chi connectivity index (χ1n) is 5.40. The lowest BCUT2D eigenvalue weighted by atomic mass is 10.1. The van der Waals surface area contributed by atoms with Crippen molar-refractivity contribution >= 4 is 45.8 Å². The molecule has 0 saturated heterocycles. The van der Waals surface area contributed by atoms with Crippen LogP contribution in [0.1, 0.15) is 15.9 Å². The third kappa shape index (κ3) is 3.03. The second kappa shape index (κ2) is 5.71. The first-order valence-corrected chi connectivity index (χ1v) is 6.85. The highest BCUT2D eigenvalue weighted by Crippen LogP contribution is 2.20. The van der Waals surface area contributed by atoms with Gasteiger partial charge in [-0.25, -0.2) is 0 Å². The molecule has 0 aromatic heterocycles. The molecular weight excluding hydrogens is 361 g/mol. The zero-order chi connectivity index (χ0) is 13.1. The predicted molar refractivity (Wildman–Crippen MR) is 83.3 cm³/mol. The first-order chi connectivity index (χ1) is 8.58. The van der Waals surface area contributed by atoms with Crippen LogP contribution in [0.15, 0.2) is 42.5 Å². The van der Waals surface area contributed by atoms with Gasteiger partial charge < -0.3 is 5.32 Å². The van der Waals surface area contributed by atoms with Crippen LogP contribution in [0.2, 0.25) is 5.02 Å². The van der Waals surface area contributed by atoms with Crippen LogP contribution in [0.25, 0.3) is 0 Å². The van der Waals surface area contributed by atoms with E-state index >= 15 is 0 Å². The number of anilines is 1. The second-order valence-corrected chi connectivity index (χ2v) is 5.47. The van der Waals surface area contributed by atoms with Gasteiger partial charge in [-0.15, -0.1) is 0 Å². The summed E-state index contributed by atoms with van der Waals surface area (Å²) in [6, 6.07) is 12.9. The summed E-state index contributed by atoms with van der Waals surface area (Å²) in [7, 11) is 0. The van der Waals surface area contributed by atoms with Gasteiger partial charge in [-0.1, -0.05) is 23.7 Å². The van der Waals surface area contributed by atoms with E-state index in [0.717, 1.165) is 14.8 Å². The molecule has 0 heterocycles. The normalized spacial score (nSPS) is 10.2. The number of benzene rings is 2. The molecule has 2 aromatic rings. The number of halogens is 2. The molecule has 2 nitrogen and oxygen atoms in total. The summed E-state index contributed by atoms with van der Waals surface area (Å²) in [6.07, 6.45) is 0. The average Bonchev–Trinajstić information content (AvgIpc) is 2.35. The van der Waals surface area contributed by atoms with Gasteiger partial charge in [0.2, 0.25) is 0 Å². The van der Waals surface area contributed by atoms with E-state index in [2.05, 4.69) is 27.9 Å². The summed E-state index contributed by atoms with van der Waals surface area (Å²) in [5, 5.41) is 3.55. The molecule has 0 radical (unpaired) electrons. The number of aryl methyl sites for hydroxylation is 1. The predicted octanol–water partition coefficient (Wildman–Crippen LogP) is 4.51. The van der Waals surface area contributed by atoms with Gasteiger partial charge in [-0.05, 0) is 65.4 Å². The molecule has 0 atom stereocenters. The van der Waals surface area contributed by atoms with Crippen molar-refractivity contribution < 1.29 is 4.79 Å². The van der Waals surface area contributed by atoms with Crippen molar-refractivity contribution in [2.75, 3.05) is 5.32 Å². The van der Waals surface area contributed by atoms with Crippen molar-refractivity contribution in [3.05, 3.63) is 62.2 Å². The number of nitrogens with one attached hydrogen (secondary N) is 1. The Labute approximate surface area is 124 Å². The average molecular weight is 372 g/mol. The molecule has 1 amide bonds. The molecule has 92 valence electrons. The molecule has 0 saturated carbocycles. The maximum absolute atomic E-state index is 12.1. The van der Waals surface area contributed by atoms with Crippen LogP contribution in [-0.2, 0) is 0 Å². The van der Waals surface area contributed by atoms with Crippen LogP contribution in [0.5, 0.6) is 0 Å². The molecule has 0 bridgehead atoms. The van der Waals surface area contributed by atoms with Crippen molar-refractivity contribution in [1.82, 2.24) is 0 Å². The Bertz CT molecular complexity index is 598. The lowest BCUT2D eigenvalue weighted by Gasteiger charge is -2.08. The smallest absolute Gasteiger partial charge is 0.255 e. The van der Waals surface area contributed by atoms with Gasteiger partial charge in [0.25, 0.3) is 5.91 Å². The fraction of sp³-hybridized carbons (Fsp3) is 0.0714. The van der Waals surface area contributed by atoms with E-state index in [0.29, 0.717) is 10.6 Å². The summed E-state index contributed by atoms with van der Waals surface area (Å²) in [5.74, 6) is -0.126. The number of rotatable bonds is 2. The first kappa shape index (κ1) is 13.4. The van der Waals surface area contributed by atoms with Crippen molar-refractivity contribution in [3.63, 3.8) is 0 Å². The fourth-order valence-electron chi connectivity index (χ4n) is 1.54. The Morgan fingerprint density at radius 2 is 1.94 bits per heavy atom. The highest BCUT2D eigenvalue weighted by molar-refractivity contribution is 14.1. The molecule has 18 heavy (non-hydrogen) atoms. The second-order valence-electron chi connectivity index (χ2n) is 3.90. The Morgan fingerprint density at radius 1 is 1.22 bits per heavy atom. The number of hydrogen-bond donors (Lipinski definition) is 1. The third-order valence-electron chi connectivity index (χ3n) is 2.54. The largest absolute Gasteiger partial charge is 0.321 e. The molecular formula is C14H11ClINO. The minimum Gasteiger partial charge on any atom is -0.321 e. The molecule has 0 aliphatic carbocycles. The lowest BCUT2D eigenvalue weighted by molar-refractivity contribution is 0.102. The van der Waals surface area contributed by atoms with Crippen molar-refractivity contribution in [2.24, 2.45) is 0 Å². The maximum atomic E-state index is 12.1. The van der Waals surface area contributed by atoms with Gasteiger partial charge in [0, 0.05) is 14.2 Å². The molecule has 2 rings (SSSR count). The third-order valence-corrected chi connectivity index (χ3v) is 3.91. The fourth-order valence-corrected chi connectivity index (χ4v) is 2.18. The topological polar surface area (TPSA) is 29.1 Å². The van der Waals surface area contributed by atoms with E-state index in [-0.39, 0.29) is 5.91 Å². The van der Waals surface area contributed by atoms with Crippen molar-refractivity contribution in [1.29, 1.82) is 0 Å². The Morgan fingerprint density at radius 3 is 2.61 bits per heavy atom. The van der Waals surface area contributed by atoms with Gasteiger partial charge in [-0.3, -0.25) is 4.79 Å². The van der Waals surface area contributed by atoms with Crippen molar-refractivity contribution in [3.8, 4) is 0 Å². The molecule has 2 aromatic carbocycles. The summed E-state index contributed by atoms with van der Waals surface area (Å²) >= 11 is 8.13. The van der Waals surface area contributed by atoms with Crippen LogP contribution in [0.4, 0.5) is 5.69 Å². The summed E-state index contributed by atoms with van der Waals surface area (Å²) in [6.45, 7) is 1.88. The minimum atomic E-state index is -0.126. The van der Waals surface area contributed by atoms with Crippen LogP contribution in [0, 0.1) is 10.5 Å². The van der Waals surface area contributed by atoms with Gasteiger partial charge in [0.1, 0.15) is 0 Å². The summed E-state index contributed by atoms with van der Waals surface area (Å²) in [5.41, 5.74) is 2.32. The van der Waals surface area contributed by atoms with Crippen molar-refractivity contribution in [2.45, 2.75) is 6.92 Å². The van der Waals surface area contributed by atoms with E-state index in [1.165, 1.54) is 0 Å². The van der Waals surface area contributed by atoms with E-state index in [1.54, 1.807) is 18.2 Å². The van der Waals surface area contributed by atoms with Gasteiger partial charge in [-0.2, -0.15) is 0 Å². The van der Waals surface area contributed by atoms with E-state index < -0.39 is 0 Å². The standard InChI is InChI=1S/C14H11ClINO/c1-9-8-10(6-7-11(9)15)14(18)17-13-5-3-2-4-12(13)16/h2-8H,1H3,(H,17,18). The quantitative estimate of drug-likeness (QED) is 0.774. The molecule has 1 N–H and O–H groups in total. The SMILES string of the molecule is Cc1cc(C(=O)Nc2ccccc2I)ccc1Cl. The Hall–Kier alpha value is -1.07. The Kier molecular flexibility index (Phi) is 4.24. The van der Waals surface area contributed by atoms with Crippen LogP contribution < -0.4 is 5.32 Å². The number of carbonyl (C=O) groups is 1. The van der Waals surface area contributed by atoms with E-state index in [4.69, 9.17) is 11.6 Å². The Balaban J connectivity index is 2.22. The van der Waals surface area contributed by atoms with Crippen LogP contribution in [-0.4, -0.2) is 5.91 Å². The van der Waals surface area contributed by atoms with Crippen LogP contribution in [0.3, 0.4) is 0 Å². The minimum absolute atomic E-state index is 0.126. The molecule has 4 heteroatoms. The van der Waals surface area contributed by atoms with Gasteiger partial charge >= 0.3 is 0 Å². The summed E-state index contributed by atoms with van der Waals surface area (Å²) in [4.78, 5) is 12.1. The van der Waals surface area contributed by atoms with Crippen LogP contribution >= 0.6 is 34.2 Å². The lowest BCUT2D eigenvalue weighted by Crippen LogP contribution is -2.12. The highest BCUT2D eigenvalue weighted by atomic mass is 127. The molecule has 0 unspecified atom stereocenters. The molecule has 0 aliphatic rings. The maximum Gasteiger partial charge on any atom is 0.255 e. The van der Waals surface area contributed by atoms with Gasteiger partial charge in [0.05, 0.1) is 5.69 Å². The number of amides is 1. The molecule has 0 spiro atoms. The number of hydrogen-bond acceptors (Lipinski definition) is 1. The number of para-hydroxylation sites is 1. The van der Waals surface area contributed by atoms with Gasteiger partial charge in [0.15, 0.2) is 0 Å². The highest BCUT2D eigenvalue weighted by Gasteiger charge is 2.08. The molecule has 0 aliphatic heterocycles. The molecule has 0 fully saturated rings. The van der Waals surface area contributed by atoms with E-state index in [9.17, 15) is 4.79 Å². The summed E-state index contributed by atoms with van der Waals surface area (Å²) < 4.78 is 1.01. The number of carbonyl (C=O) groups excluding carboxylic acids is 1. The zero-order valence-electron chi connectivity index (χ0n) is 9.71.